The molecule has 0 fully saturated rings. The molecule has 3 heterocycles. The van der Waals surface area contributed by atoms with Gasteiger partial charge in [-0.25, -0.2) is 8.78 Å². The summed E-state index contributed by atoms with van der Waals surface area (Å²) in [6, 6.07) is 1.97. The predicted octanol–water partition coefficient (Wildman–Crippen LogP) is 3.14. The zero-order valence-corrected chi connectivity index (χ0v) is 8.61. The number of rotatable bonds is 0. The Kier molecular flexibility index (Phi) is 1.89. The largest absolute Gasteiger partial charge is 0.310 e. The van der Waals surface area contributed by atoms with E-state index in [1.54, 1.807) is 17.1 Å². The van der Waals surface area contributed by atoms with Crippen LogP contribution < -0.4 is 0 Å². The van der Waals surface area contributed by atoms with Crippen LogP contribution in [0.2, 0.25) is 0 Å². The van der Waals surface area contributed by atoms with Gasteiger partial charge in [0, 0.05) is 0 Å². The average Bonchev–Trinajstić information content (AvgIpc) is 2.26. The number of nitriles is 1. The second kappa shape index (κ2) is 3.29. The number of hydrogen-bond acceptors (Lipinski definition) is 2. The molecular formula is C13H6F2N2. The fourth-order valence-electron chi connectivity index (χ4n) is 2.03. The maximum atomic E-state index is 13.3. The lowest BCUT2D eigenvalue weighted by molar-refractivity contribution is 0.520. The Balaban J connectivity index is 2.24. The highest BCUT2D eigenvalue weighted by Gasteiger charge is 2.27. The molecule has 0 spiro atoms. The number of halogens is 2. The fraction of sp³-hybridized carbons (Fsp3) is 0. The molecule has 0 aromatic carbocycles. The first kappa shape index (κ1) is 9.79. The molecular weight excluding hydrogens is 222 g/mol. The Morgan fingerprint density at radius 2 is 1.35 bits per heavy atom. The minimum absolute atomic E-state index is 0.377. The number of allylic oxidation sites excluding steroid dienone is 9. The molecule has 0 bridgehead atoms. The van der Waals surface area contributed by atoms with Crippen LogP contribution in [0, 0.1) is 11.3 Å². The Bertz CT molecular complexity index is 635. The van der Waals surface area contributed by atoms with Gasteiger partial charge in [-0.2, -0.15) is 5.26 Å². The Morgan fingerprint density at radius 3 is 1.94 bits per heavy atom. The Morgan fingerprint density at radius 1 is 0.824 bits per heavy atom. The summed E-state index contributed by atoms with van der Waals surface area (Å²) in [6.45, 7) is 0. The van der Waals surface area contributed by atoms with E-state index in [0.717, 1.165) is 0 Å². The van der Waals surface area contributed by atoms with Crippen LogP contribution in [0.1, 0.15) is 0 Å². The van der Waals surface area contributed by atoms with Gasteiger partial charge in [-0.1, -0.05) is 0 Å². The van der Waals surface area contributed by atoms with Gasteiger partial charge in [0.1, 0.15) is 11.7 Å². The zero-order chi connectivity index (χ0) is 12.0. The van der Waals surface area contributed by atoms with E-state index in [1.165, 1.54) is 24.3 Å². The minimum Gasteiger partial charge on any atom is -0.310 e. The highest BCUT2D eigenvalue weighted by Crippen LogP contribution is 2.37. The third-order valence-corrected chi connectivity index (χ3v) is 2.65. The topological polar surface area (TPSA) is 27.0 Å². The monoisotopic (exact) mass is 228 g/mol. The van der Waals surface area contributed by atoms with Gasteiger partial charge >= 0.3 is 0 Å². The summed E-state index contributed by atoms with van der Waals surface area (Å²) in [5.41, 5.74) is 1.88. The minimum atomic E-state index is -0.452. The molecule has 2 nitrogen and oxygen atoms in total. The first-order valence-corrected chi connectivity index (χ1v) is 4.99. The van der Waals surface area contributed by atoms with Crippen LogP contribution in [0.3, 0.4) is 0 Å². The van der Waals surface area contributed by atoms with Crippen molar-refractivity contribution in [2.45, 2.75) is 0 Å². The van der Waals surface area contributed by atoms with Gasteiger partial charge < -0.3 is 4.90 Å². The average molecular weight is 228 g/mol. The highest BCUT2D eigenvalue weighted by atomic mass is 19.1. The van der Waals surface area contributed by atoms with Crippen LogP contribution in [0.15, 0.2) is 70.8 Å². The predicted molar refractivity (Wildman–Crippen MR) is 58.2 cm³/mol. The van der Waals surface area contributed by atoms with E-state index in [9.17, 15) is 8.78 Å². The van der Waals surface area contributed by atoms with E-state index in [2.05, 4.69) is 0 Å². The summed E-state index contributed by atoms with van der Waals surface area (Å²) < 4.78 is 26.7. The van der Waals surface area contributed by atoms with Crippen molar-refractivity contribution in [3.63, 3.8) is 0 Å². The molecule has 0 amide bonds. The molecule has 3 aliphatic rings. The SMILES string of the molecule is N#CC1=CC2=CC(F)=CC3=CC(F)=CC(=C1)N32. The van der Waals surface area contributed by atoms with Gasteiger partial charge in [0.2, 0.25) is 0 Å². The lowest BCUT2D eigenvalue weighted by atomic mass is 10.0. The van der Waals surface area contributed by atoms with Crippen LogP contribution in [-0.4, -0.2) is 4.90 Å². The van der Waals surface area contributed by atoms with Crippen molar-refractivity contribution < 1.29 is 8.78 Å². The van der Waals surface area contributed by atoms with E-state index < -0.39 is 11.7 Å². The highest BCUT2D eigenvalue weighted by molar-refractivity contribution is 5.58. The van der Waals surface area contributed by atoms with E-state index in [0.29, 0.717) is 22.7 Å². The molecule has 0 saturated heterocycles. The third-order valence-electron chi connectivity index (χ3n) is 2.65. The molecule has 0 radical (unpaired) electrons. The molecule has 0 aromatic rings. The normalized spacial score (nSPS) is 21.1. The number of nitrogens with zero attached hydrogens (tertiary/aromatic N) is 2. The van der Waals surface area contributed by atoms with E-state index >= 15 is 0 Å². The first-order chi connectivity index (χ1) is 8.17. The van der Waals surface area contributed by atoms with Crippen LogP contribution in [0.5, 0.6) is 0 Å². The maximum Gasteiger partial charge on any atom is 0.127 e. The van der Waals surface area contributed by atoms with Gasteiger partial charge in [-0.3, -0.25) is 0 Å². The van der Waals surface area contributed by atoms with Gasteiger partial charge in [-0.05, 0) is 36.5 Å². The van der Waals surface area contributed by atoms with E-state index in [-0.39, 0.29) is 0 Å². The lowest BCUT2D eigenvalue weighted by Gasteiger charge is -2.34. The lowest BCUT2D eigenvalue weighted by Crippen LogP contribution is -2.26. The van der Waals surface area contributed by atoms with Crippen LogP contribution in [0.25, 0.3) is 0 Å². The summed E-state index contributed by atoms with van der Waals surface area (Å²) in [7, 11) is 0. The molecule has 3 aliphatic heterocycles. The molecule has 0 unspecified atom stereocenters. The molecule has 0 saturated carbocycles. The molecule has 0 aromatic heterocycles. The smallest absolute Gasteiger partial charge is 0.127 e. The molecule has 17 heavy (non-hydrogen) atoms. The molecule has 0 atom stereocenters. The Labute approximate surface area is 96.4 Å². The quantitative estimate of drug-likeness (QED) is 0.636. The molecule has 82 valence electrons. The van der Waals surface area contributed by atoms with Crippen molar-refractivity contribution in [2.24, 2.45) is 0 Å². The van der Waals surface area contributed by atoms with Gasteiger partial charge in [0.05, 0.1) is 28.7 Å². The van der Waals surface area contributed by atoms with Crippen molar-refractivity contribution in [1.82, 2.24) is 4.90 Å². The van der Waals surface area contributed by atoms with Crippen molar-refractivity contribution in [3.05, 3.63) is 70.8 Å². The zero-order valence-electron chi connectivity index (χ0n) is 8.61. The molecule has 0 aliphatic carbocycles. The van der Waals surface area contributed by atoms with Crippen molar-refractivity contribution in [3.8, 4) is 6.07 Å². The second-order valence-electron chi connectivity index (χ2n) is 3.81. The third kappa shape index (κ3) is 1.44. The summed E-state index contributed by atoms with van der Waals surface area (Å²) in [4.78, 5) is 1.70. The van der Waals surface area contributed by atoms with Gasteiger partial charge in [0.25, 0.3) is 0 Å². The molecule has 3 rings (SSSR count). The second-order valence-corrected chi connectivity index (χ2v) is 3.81. The van der Waals surface area contributed by atoms with E-state index in [1.807, 2.05) is 6.07 Å². The molecule has 0 N–H and O–H groups in total. The van der Waals surface area contributed by atoms with Crippen molar-refractivity contribution >= 4 is 0 Å². The van der Waals surface area contributed by atoms with Crippen LogP contribution in [-0.2, 0) is 0 Å². The van der Waals surface area contributed by atoms with Crippen molar-refractivity contribution in [2.75, 3.05) is 0 Å². The van der Waals surface area contributed by atoms with Crippen LogP contribution in [0.4, 0.5) is 8.78 Å². The van der Waals surface area contributed by atoms with Crippen molar-refractivity contribution in [1.29, 1.82) is 5.26 Å². The molecule has 4 heteroatoms. The number of hydrogen-bond donors (Lipinski definition) is 0. The van der Waals surface area contributed by atoms with Gasteiger partial charge in [-0.15, -0.1) is 0 Å². The summed E-state index contributed by atoms with van der Waals surface area (Å²) in [5.74, 6) is -0.904. The fourth-order valence-corrected chi connectivity index (χ4v) is 2.03. The van der Waals surface area contributed by atoms with Crippen LogP contribution >= 0.6 is 0 Å². The van der Waals surface area contributed by atoms with E-state index in [4.69, 9.17) is 5.26 Å². The summed E-state index contributed by atoms with van der Waals surface area (Å²) >= 11 is 0. The summed E-state index contributed by atoms with van der Waals surface area (Å²) in [6.07, 6.45) is 8.30. The van der Waals surface area contributed by atoms with Gasteiger partial charge in [0.15, 0.2) is 0 Å². The standard InChI is InChI=1S/C13H6F2N2/c14-9-3-11-1-8(7-16)2-12-4-10(15)6-13(5-9)17(11)12/h1-6H. The summed E-state index contributed by atoms with van der Waals surface area (Å²) in [5, 5.41) is 8.86. The first-order valence-electron chi connectivity index (χ1n) is 4.99. The Hall–Kier alpha value is -2.41. The maximum absolute atomic E-state index is 13.3.